The molecular weight excluding hydrogens is 425 g/mol. The summed E-state index contributed by atoms with van der Waals surface area (Å²) in [7, 11) is 1.51. The van der Waals surface area contributed by atoms with E-state index in [1.54, 1.807) is 0 Å². The van der Waals surface area contributed by atoms with E-state index in [9.17, 15) is 4.79 Å². The summed E-state index contributed by atoms with van der Waals surface area (Å²) >= 11 is 8.49. The van der Waals surface area contributed by atoms with Crippen LogP contribution in [0.4, 0.5) is 0 Å². The minimum atomic E-state index is -0.0448. The zero-order valence-corrected chi connectivity index (χ0v) is 15.9. The van der Waals surface area contributed by atoms with Gasteiger partial charge in [-0.25, -0.2) is 0 Å². The fraction of sp³-hybridized carbons (Fsp3) is 0.500. The van der Waals surface area contributed by atoms with E-state index in [2.05, 4.69) is 39.6 Å². The van der Waals surface area contributed by atoms with Gasteiger partial charge in [-0.05, 0) is 65.5 Å². The van der Waals surface area contributed by atoms with Gasteiger partial charge in [0.15, 0.2) is 0 Å². The second-order valence-electron chi connectivity index (χ2n) is 6.75. The van der Waals surface area contributed by atoms with Gasteiger partial charge in [0.25, 0.3) is 0 Å². The second kappa shape index (κ2) is 6.05. The number of hydrogen-bond acceptors (Lipinski definition) is 3. The number of fused-ring (bicyclic) bond motifs is 1. The van der Waals surface area contributed by atoms with Crippen molar-refractivity contribution in [1.29, 1.82) is 0 Å². The fourth-order valence-corrected chi connectivity index (χ4v) is 5.22. The van der Waals surface area contributed by atoms with Crippen molar-refractivity contribution in [3.63, 3.8) is 0 Å². The summed E-state index contributed by atoms with van der Waals surface area (Å²) in [5.41, 5.74) is 2.47. The highest BCUT2D eigenvalue weighted by molar-refractivity contribution is 14.1. The van der Waals surface area contributed by atoms with E-state index >= 15 is 0 Å². The van der Waals surface area contributed by atoms with Crippen molar-refractivity contribution < 1.29 is 9.53 Å². The van der Waals surface area contributed by atoms with Gasteiger partial charge in [-0.15, -0.1) is 0 Å². The first-order valence-electron chi connectivity index (χ1n) is 8.07. The lowest BCUT2D eigenvalue weighted by Crippen LogP contribution is -2.58. The molecule has 3 nitrogen and oxygen atoms in total. The molecule has 0 amide bonds. The van der Waals surface area contributed by atoms with Crippen LogP contribution in [0.1, 0.15) is 24.8 Å². The number of rotatable bonds is 2. The standard InChI is InChI=1S/C18H19ClINO2/c1-23-18(22)17-13-8-12-3-5-16(17)21(12)9-11(13)6-10-2-4-15(20)14(19)7-10/h2,4,6-7,12-13,16-17H,3,5,8-9H2,1H3/b11-6+. The molecule has 23 heavy (non-hydrogen) atoms. The number of nitrogens with zero attached hydrogens (tertiary/aromatic N) is 1. The largest absolute Gasteiger partial charge is 0.469 e. The molecule has 0 aromatic heterocycles. The van der Waals surface area contributed by atoms with Crippen molar-refractivity contribution in [1.82, 2.24) is 4.90 Å². The van der Waals surface area contributed by atoms with E-state index in [0.717, 1.165) is 33.5 Å². The Morgan fingerprint density at radius 3 is 3.00 bits per heavy atom. The number of methoxy groups -OCH3 is 1. The van der Waals surface area contributed by atoms with Crippen molar-refractivity contribution in [3.05, 3.63) is 37.9 Å². The lowest BCUT2D eigenvalue weighted by atomic mass is 9.71. The van der Waals surface area contributed by atoms with Gasteiger partial charge in [-0.3, -0.25) is 9.69 Å². The highest BCUT2D eigenvalue weighted by Gasteiger charge is 2.55. The molecule has 5 atom stereocenters. The topological polar surface area (TPSA) is 29.5 Å². The van der Waals surface area contributed by atoms with Crippen molar-refractivity contribution in [2.75, 3.05) is 13.7 Å². The van der Waals surface area contributed by atoms with Crippen molar-refractivity contribution in [3.8, 4) is 0 Å². The van der Waals surface area contributed by atoms with E-state index in [0.29, 0.717) is 18.0 Å². The summed E-state index contributed by atoms with van der Waals surface area (Å²) in [5, 5.41) is 0.783. The second-order valence-corrected chi connectivity index (χ2v) is 8.32. The molecule has 4 aliphatic rings. The van der Waals surface area contributed by atoms with Crippen LogP contribution in [0.2, 0.25) is 5.02 Å². The normalized spacial score (nSPS) is 36.5. The van der Waals surface area contributed by atoms with Gasteiger partial charge in [0.1, 0.15) is 0 Å². The zero-order valence-electron chi connectivity index (χ0n) is 13.0. The van der Waals surface area contributed by atoms with Crippen LogP contribution in [-0.4, -0.2) is 36.6 Å². The molecule has 122 valence electrons. The predicted octanol–water partition coefficient (Wildman–Crippen LogP) is 3.98. The molecule has 0 N–H and O–H groups in total. The van der Waals surface area contributed by atoms with E-state index in [4.69, 9.17) is 16.3 Å². The highest BCUT2D eigenvalue weighted by atomic mass is 127. The first-order chi connectivity index (χ1) is 11.1. The van der Waals surface area contributed by atoms with E-state index < -0.39 is 0 Å². The van der Waals surface area contributed by atoms with Gasteiger partial charge in [-0.1, -0.05) is 29.3 Å². The summed E-state index contributed by atoms with van der Waals surface area (Å²) < 4.78 is 6.17. The average molecular weight is 444 g/mol. The smallest absolute Gasteiger partial charge is 0.310 e. The number of esters is 1. The van der Waals surface area contributed by atoms with Crippen LogP contribution < -0.4 is 0 Å². The summed E-state index contributed by atoms with van der Waals surface area (Å²) in [6.45, 7) is 0.983. The van der Waals surface area contributed by atoms with Crippen LogP contribution in [-0.2, 0) is 9.53 Å². The molecule has 1 aromatic carbocycles. The maximum atomic E-state index is 12.3. The van der Waals surface area contributed by atoms with Gasteiger partial charge in [-0.2, -0.15) is 0 Å². The SMILES string of the molecule is COC(=O)C1C2CC3CCC1N3C/C2=C\c1ccc(I)c(Cl)c1. The molecule has 0 radical (unpaired) electrons. The molecule has 0 spiro atoms. The lowest BCUT2D eigenvalue weighted by molar-refractivity contribution is -0.153. The molecule has 5 unspecified atom stereocenters. The summed E-state index contributed by atoms with van der Waals surface area (Å²) in [4.78, 5) is 14.9. The Kier molecular flexibility index (Phi) is 4.18. The molecule has 1 aromatic rings. The van der Waals surface area contributed by atoms with Crippen LogP contribution in [0, 0.1) is 15.4 Å². The minimum absolute atomic E-state index is 0.00179. The van der Waals surface area contributed by atoms with Crippen LogP contribution >= 0.6 is 34.2 Å². The van der Waals surface area contributed by atoms with Crippen molar-refractivity contribution in [2.45, 2.75) is 31.3 Å². The van der Waals surface area contributed by atoms with Crippen molar-refractivity contribution in [2.24, 2.45) is 11.8 Å². The third kappa shape index (κ3) is 2.63. The third-order valence-corrected chi connectivity index (χ3v) is 7.25. The highest BCUT2D eigenvalue weighted by Crippen LogP contribution is 2.50. The first kappa shape index (κ1) is 15.9. The Morgan fingerprint density at radius 2 is 2.26 bits per heavy atom. The number of hydrogen-bond donors (Lipinski definition) is 0. The van der Waals surface area contributed by atoms with Gasteiger partial charge in [0.05, 0.1) is 18.1 Å². The summed E-state index contributed by atoms with van der Waals surface area (Å²) in [5.74, 6) is 0.276. The van der Waals surface area contributed by atoms with Crippen LogP contribution in [0.25, 0.3) is 6.08 Å². The van der Waals surface area contributed by atoms with Crippen LogP contribution in [0.15, 0.2) is 23.8 Å². The minimum Gasteiger partial charge on any atom is -0.469 e. The van der Waals surface area contributed by atoms with E-state index in [1.807, 2.05) is 12.1 Å². The number of carbonyl (C=O) groups is 1. The Morgan fingerprint density at radius 1 is 1.43 bits per heavy atom. The quantitative estimate of drug-likeness (QED) is 0.511. The average Bonchev–Trinajstić information content (AvgIpc) is 2.85. The van der Waals surface area contributed by atoms with E-state index in [1.165, 1.54) is 19.1 Å². The number of piperidine rings is 3. The van der Waals surface area contributed by atoms with Gasteiger partial charge < -0.3 is 4.74 Å². The maximum Gasteiger partial charge on any atom is 0.310 e. The maximum absolute atomic E-state index is 12.3. The molecular formula is C18H19ClINO2. The Hall–Kier alpha value is -0.590. The number of halogens is 2. The summed E-state index contributed by atoms with van der Waals surface area (Å²) in [6.07, 6.45) is 5.66. The first-order valence-corrected chi connectivity index (χ1v) is 9.53. The molecule has 4 saturated heterocycles. The zero-order chi connectivity index (χ0) is 16.1. The molecule has 4 fully saturated rings. The van der Waals surface area contributed by atoms with Gasteiger partial charge in [0, 0.05) is 22.2 Å². The van der Waals surface area contributed by atoms with Crippen LogP contribution in [0.3, 0.4) is 0 Å². The number of ether oxygens (including phenoxy) is 1. The monoisotopic (exact) mass is 443 g/mol. The number of carbonyl (C=O) groups excluding carboxylic acids is 1. The Bertz CT molecular complexity index is 690. The van der Waals surface area contributed by atoms with Crippen LogP contribution in [0.5, 0.6) is 0 Å². The molecule has 4 heterocycles. The molecule has 4 bridgehead atoms. The Balaban J connectivity index is 1.69. The van der Waals surface area contributed by atoms with Gasteiger partial charge in [0.2, 0.25) is 0 Å². The molecule has 5 heteroatoms. The number of benzene rings is 1. The Labute approximate surface area is 155 Å². The fourth-order valence-electron chi connectivity index (χ4n) is 4.70. The molecule has 0 aliphatic carbocycles. The van der Waals surface area contributed by atoms with Gasteiger partial charge >= 0.3 is 5.97 Å². The predicted molar refractivity (Wildman–Crippen MR) is 99.3 cm³/mol. The molecule has 4 aliphatic heterocycles. The third-order valence-electron chi connectivity index (χ3n) is 5.68. The van der Waals surface area contributed by atoms with Crippen molar-refractivity contribution >= 4 is 46.2 Å². The molecule has 5 rings (SSSR count). The molecule has 0 saturated carbocycles. The van der Waals surface area contributed by atoms with E-state index in [-0.39, 0.29) is 11.9 Å². The summed E-state index contributed by atoms with van der Waals surface area (Å²) in [6, 6.07) is 7.18. The lowest BCUT2D eigenvalue weighted by Gasteiger charge is -2.50.